The van der Waals surface area contributed by atoms with Crippen LogP contribution in [0.1, 0.15) is 252 Å². The molecule has 0 aliphatic carbocycles. The van der Waals surface area contributed by atoms with Crippen molar-refractivity contribution in [3.63, 3.8) is 0 Å². The van der Waals surface area contributed by atoms with E-state index >= 15 is 0 Å². The molecule has 1 aromatic heterocycles. The van der Waals surface area contributed by atoms with Gasteiger partial charge in [0.15, 0.2) is 11.6 Å². The molecule has 0 amide bonds. The molecule has 1 rings (SSSR count). The summed E-state index contributed by atoms with van der Waals surface area (Å²) in [7, 11) is 1.87. The first-order chi connectivity index (χ1) is 30.0. The number of aromatic nitrogens is 2. The van der Waals surface area contributed by atoms with E-state index < -0.39 is 0 Å². The smallest absolute Gasteiger partial charge is 0.306 e. The van der Waals surface area contributed by atoms with Crippen molar-refractivity contribution in [1.82, 2.24) is 14.9 Å². The lowest BCUT2D eigenvalue weighted by Gasteiger charge is -2.22. The Labute approximate surface area is 377 Å². The molecule has 0 aliphatic rings. The summed E-state index contributed by atoms with van der Waals surface area (Å²) in [6, 6.07) is 0. The number of rotatable bonds is 46. The third-order valence-electron chi connectivity index (χ3n) is 12.3. The molecule has 1 heterocycles. The highest BCUT2D eigenvalue weighted by Gasteiger charge is 2.15. The van der Waals surface area contributed by atoms with Crippen molar-refractivity contribution in [3.8, 4) is 0 Å². The number of ether oxygens (including phenoxy) is 2. The SMILES string of the molecule is CCCCCCCCC(CC)OC(=O)CCCCCCCN(CCCCCCCC(=O)OC(CCCCCCCC)CCCCCCCC)CCCNc1nccnc1NC. The van der Waals surface area contributed by atoms with E-state index in [-0.39, 0.29) is 24.1 Å². The Morgan fingerprint density at radius 1 is 0.492 bits per heavy atom. The number of anilines is 2. The molecule has 1 atom stereocenters. The molecule has 0 radical (unpaired) electrons. The van der Waals surface area contributed by atoms with Crippen molar-refractivity contribution < 1.29 is 19.1 Å². The van der Waals surface area contributed by atoms with Crippen LogP contribution >= 0.6 is 0 Å². The standard InChI is InChI=1S/C52H99N5O4/c1-6-10-13-16-21-28-36-47(9-4)60-49(58)39-31-24-19-26-33-44-57(46-35-41-54-52-51(53-5)55-42-43-56-52)45-34-27-20-25-32-40-50(59)61-48(37-29-22-17-14-11-7-2)38-30-23-18-15-12-8-3/h42-43,47-48H,6-41,44-46H2,1-5H3,(H,53,55)(H,54,56). The van der Waals surface area contributed by atoms with Gasteiger partial charge < -0.3 is 25.0 Å². The van der Waals surface area contributed by atoms with E-state index in [1.165, 1.54) is 154 Å². The Bertz CT molecular complexity index is 1110. The minimum atomic E-state index is -0.00730. The van der Waals surface area contributed by atoms with Gasteiger partial charge in [-0.2, -0.15) is 0 Å². The lowest BCUT2D eigenvalue weighted by molar-refractivity contribution is -0.150. The van der Waals surface area contributed by atoms with E-state index in [1.54, 1.807) is 12.4 Å². The van der Waals surface area contributed by atoms with Crippen molar-refractivity contribution in [3.05, 3.63) is 12.4 Å². The molecule has 61 heavy (non-hydrogen) atoms. The fraction of sp³-hybridized carbons (Fsp3) is 0.885. The van der Waals surface area contributed by atoms with Gasteiger partial charge in [-0.15, -0.1) is 0 Å². The maximum atomic E-state index is 12.9. The molecular weight excluding hydrogens is 759 g/mol. The highest BCUT2D eigenvalue weighted by molar-refractivity contribution is 5.69. The maximum Gasteiger partial charge on any atom is 0.306 e. The van der Waals surface area contributed by atoms with Gasteiger partial charge in [0.25, 0.3) is 0 Å². The summed E-state index contributed by atoms with van der Waals surface area (Å²) in [5.41, 5.74) is 0. The number of hydrogen-bond donors (Lipinski definition) is 2. The first kappa shape index (κ1) is 56.6. The number of esters is 2. The van der Waals surface area contributed by atoms with Crippen LogP contribution in [-0.4, -0.2) is 72.2 Å². The number of hydrogen-bond acceptors (Lipinski definition) is 9. The Hall–Kier alpha value is -2.42. The zero-order chi connectivity index (χ0) is 44.3. The van der Waals surface area contributed by atoms with E-state index in [9.17, 15) is 9.59 Å². The van der Waals surface area contributed by atoms with Crippen LogP contribution in [0.4, 0.5) is 11.6 Å². The van der Waals surface area contributed by atoms with Crippen molar-refractivity contribution in [2.24, 2.45) is 0 Å². The van der Waals surface area contributed by atoms with E-state index in [0.717, 1.165) is 95.6 Å². The van der Waals surface area contributed by atoms with Crippen LogP contribution in [0.3, 0.4) is 0 Å². The molecule has 9 nitrogen and oxygen atoms in total. The summed E-state index contributed by atoms with van der Waals surface area (Å²) in [5.74, 6) is 1.60. The number of carbonyl (C=O) groups excluding carboxylic acids is 2. The fourth-order valence-electron chi connectivity index (χ4n) is 8.32. The Morgan fingerprint density at radius 3 is 1.33 bits per heavy atom. The molecule has 9 heteroatoms. The minimum absolute atomic E-state index is 0.00730. The van der Waals surface area contributed by atoms with Crippen molar-refractivity contribution >= 4 is 23.6 Å². The normalized spacial score (nSPS) is 12.0. The molecular formula is C52H99N5O4. The number of nitrogens with zero attached hydrogens (tertiary/aromatic N) is 3. The van der Waals surface area contributed by atoms with Gasteiger partial charge >= 0.3 is 11.9 Å². The van der Waals surface area contributed by atoms with Crippen molar-refractivity contribution in [2.75, 3.05) is 43.9 Å². The topological polar surface area (TPSA) is 106 Å². The van der Waals surface area contributed by atoms with Gasteiger partial charge in [0, 0.05) is 38.8 Å². The predicted octanol–water partition coefficient (Wildman–Crippen LogP) is 14.8. The zero-order valence-electron chi connectivity index (χ0n) is 40.9. The molecule has 356 valence electrons. The lowest BCUT2D eigenvalue weighted by atomic mass is 10.0. The van der Waals surface area contributed by atoms with Crippen LogP contribution < -0.4 is 10.6 Å². The molecule has 0 saturated carbocycles. The van der Waals surface area contributed by atoms with E-state index in [2.05, 4.69) is 53.2 Å². The van der Waals surface area contributed by atoms with Crippen LogP contribution in [-0.2, 0) is 19.1 Å². The van der Waals surface area contributed by atoms with E-state index in [0.29, 0.717) is 12.8 Å². The van der Waals surface area contributed by atoms with Gasteiger partial charge in [-0.3, -0.25) is 9.59 Å². The molecule has 0 bridgehead atoms. The highest BCUT2D eigenvalue weighted by Crippen LogP contribution is 2.20. The molecule has 0 spiro atoms. The third kappa shape index (κ3) is 34.7. The van der Waals surface area contributed by atoms with Crippen LogP contribution in [0.2, 0.25) is 0 Å². The average molecular weight is 858 g/mol. The van der Waals surface area contributed by atoms with Gasteiger partial charge in [-0.1, -0.05) is 163 Å². The molecule has 0 aliphatic heterocycles. The quantitative estimate of drug-likeness (QED) is 0.0490. The minimum Gasteiger partial charge on any atom is -0.462 e. The molecule has 1 unspecified atom stereocenters. The summed E-state index contributed by atoms with van der Waals surface area (Å²) in [6.07, 6.45) is 43.9. The largest absolute Gasteiger partial charge is 0.462 e. The molecule has 2 N–H and O–H groups in total. The second-order valence-corrected chi connectivity index (χ2v) is 18.0. The second kappa shape index (κ2) is 42.9. The van der Waals surface area contributed by atoms with Crippen LogP contribution in [0, 0.1) is 0 Å². The van der Waals surface area contributed by atoms with Crippen molar-refractivity contribution in [1.29, 1.82) is 0 Å². The summed E-state index contributed by atoms with van der Waals surface area (Å²) in [6.45, 7) is 13.0. The fourth-order valence-corrected chi connectivity index (χ4v) is 8.32. The third-order valence-corrected chi connectivity index (χ3v) is 12.3. The molecule has 0 aromatic carbocycles. The van der Waals surface area contributed by atoms with Crippen LogP contribution in [0.5, 0.6) is 0 Å². The molecule has 1 aromatic rings. The zero-order valence-corrected chi connectivity index (χ0v) is 40.9. The number of carbonyl (C=O) groups is 2. The Balaban J connectivity index is 2.41. The summed E-state index contributed by atoms with van der Waals surface area (Å²) < 4.78 is 11.9. The van der Waals surface area contributed by atoms with E-state index in [1.807, 2.05) is 7.05 Å². The molecule has 0 saturated heterocycles. The average Bonchev–Trinajstić information content (AvgIpc) is 3.27. The first-order valence-corrected chi connectivity index (χ1v) is 26.3. The van der Waals surface area contributed by atoms with Crippen molar-refractivity contribution in [2.45, 2.75) is 265 Å². The lowest BCUT2D eigenvalue weighted by Crippen LogP contribution is -2.28. The van der Waals surface area contributed by atoms with Gasteiger partial charge in [0.1, 0.15) is 12.2 Å². The first-order valence-electron chi connectivity index (χ1n) is 26.3. The van der Waals surface area contributed by atoms with Crippen LogP contribution in [0.15, 0.2) is 12.4 Å². The Morgan fingerprint density at radius 2 is 0.869 bits per heavy atom. The predicted molar refractivity (Wildman–Crippen MR) is 261 cm³/mol. The highest BCUT2D eigenvalue weighted by atomic mass is 16.5. The van der Waals surface area contributed by atoms with Gasteiger partial charge in [-0.05, 0) is 96.7 Å². The van der Waals surface area contributed by atoms with Gasteiger partial charge in [0.05, 0.1) is 0 Å². The summed E-state index contributed by atoms with van der Waals surface area (Å²) in [4.78, 5) is 36.9. The maximum absolute atomic E-state index is 12.9. The van der Waals surface area contributed by atoms with Gasteiger partial charge in [0.2, 0.25) is 0 Å². The Kier molecular flexibility index (Phi) is 39.8. The number of nitrogens with one attached hydrogen (secondary N) is 2. The summed E-state index contributed by atoms with van der Waals surface area (Å²) in [5, 5.41) is 6.58. The van der Waals surface area contributed by atoms with Gasteiger partial charge in [-0.25, -0.2) is 9.97 Å². The number of unbranched alkanes of at least 4 members (excludes halogenated alkanes) is 23. The second-order valence-electron chi connectivity index (χ2n) is 18.0. The molecule has 0 fully saturated rings. The van der Waals surface area contributed by atoms with E-state index in [4.69, 9.17) is 9.47 Å². The van der Waals surface area contributed by atoms with Crippen LogP contribution in [0.25, 0.3) is 0 Å². The monoisotopic (exact) mass is 858 g/mol. The summed E-state index contributed by atoms with van der Waals surface area (Å²) >= 11 is 0.